The number of aromatic nitrogens is 1. The van der Waals surface area contributed by atoms with Gasteiger partial charge in [-0.3, -0.25) is 0 Å². The number of fused-ring (bicyclic) bond motifs is 1. The third-order valence-corrected chi connectivity index (χ3v) is 3.43. The Balaban J connectivity index is 2.12. The van der Waals surface area contributed by atoms with Crippen LogP contribution in [0.4, 0.5) is 5.82 Å². The molecule has 4 heteroatoms. The van der Waals surface area contributed by atoms with Gasteiger partial charge in [-0.15, -0.1) is 0 Å². The van der Waals surface area contributed by atoms with E-state index in [2.05, 4.69) is 9.88 Å². The van der Waals surface area contributed by atoms with E-state index in [-0.39, 0.29) is 6.10 Å². The highest BCUT2D eigenvalue weighted by molar-refractivity contribution is 5.96. The lowest BCUT2D eigenvalue weighted by Crippen LogP contribution is -2.22. The molecular weight excluding hydrogens is 228 g/mol. The molecule has 2 heterocycles. The van der Waals surface area contributed by atoms with Gasteiger partial charge in [0.15, 0.2) is 0 Å². The van der Waals surface area contributed by atoms with Crippen LogP contribution in [0.1, 0.15) is 6.42 Å². The Morgan fingerprint density at radius 3 is 2.94 bits per heavy atom. The molecule has 3 rings (SSSR count). The van der Waals surface area contributed by atoms with Gasteiger partial charge in [-0.25, -0.2) is 4.98 Å². The fourth-order valence-electron chi connectivity index (χ4n) is 2.53. The van der Waals surface area contributed by atoms with Gasteiger partial charge in [-0.2, -0.15) is 0 Å². The van der Waals surface area contributed by atoms with Crippen LogP contribution in [0.2, 0.25) is 0 Å². The summed E-state index contributed by atoms with van der Waals surface area (Å²) < 4.78 is 5.37. The molecule has 1 saturated heterocycles. The first-order chi connectivity index (χ1) is 8.79. The van der Waals surface area contributed by atoms with Gasteiger partial charge in [-0.05, 0) is 18.6 Å². The van der Waals surface area contributed by atoms with Crippen molar-refractivity contribution < 1.29 is 9.84 Å². The van der Waals surface area contributed by atoms with E-state index in [0.29, 0.717) is 6.54 Å². The molecule has 1 unspecified atom stereocenters. The maximum Gasteiger partial charge on any atom is 0.136 e. The SMILES string of the molecule is COc1cccc2c(N3CCC(O)C3)nccc12. The van der Waals surface area contributed by atoms with E-state index in [9.17, 15) is 5.11 Å². The minimum Gasteiger partial charge on any atom is -0.496 e. The Labute approximate surface area is 106 Å². The number of β-amino-alcohol motifs (C(OH)–C–C–N with tert-alkyl or cyclic N) is 1. The maximum atomic E-state index is 9.64. The number of pyridine rings is 1. The number of aliphatic hydroxyl groups excluding tert-OH is 1. The van der Waals surface area contributed by atoms with Crippen molar-refractivity contribution in [2.75, 3.05) is 25.1 Å². The van der Waals surface area contributed by atoms with Crippen molar-refractivity contribution >= 4 is 16.6 Å². The number of nitrogens with zero attached hydrogens (tertiary/aromatic N) is 2. The summed E-state index contributed by atoms with van der Waals surface area (Å²) in [5.41, 5.74) is 0. The Bertz CT molecular complexity index is 571. The number of hydrogen-bond acceptors (Lipinski definition) is 4. The zero-order valence-corrected chi connectivity index (χ0v) is 10.3. The zero-order chi connectivity index (χ0) is 12.5. The molecule has 18 heavy (non-hydrogen) atoms. The third-order valence-electron chi connectivity index (χ3n) is 3.43. The zero-order valence-electron chi connectivity index (χ0n) is 10.3. The van der Waals surface area contributed by atoms with Gasteiger partial charge in [0.2, 0.25) is 0 Å². The third kappa shape index (κ3) is 1.78. The lowest BCUT2D eigenvalue weighted by Gasteiger charge is -2.19. The van der Waals surface area contributed by atoms with E-state index >= 15 is 0 Å². The van der Waals surface area contributed by atoms with Gasteiger partial charge in [0.25, 0.3) is 0 Å². The molecule has 4 nitrogen and oxygen atoms in total. The van der Waals surface area contributed by atoms with Gasteiger partial charge in [0.05, 0.1) is 13.2 Å². The Morgan fingerprint density at radius 2 is 2.22 bits per heavy atom. The molecule has 0 saturated carbocycles. The molecule has 1 N–H and O–H groups in total. The van der Waals surface area contributed by atoms with Crippen LogP contribution in [0.25, 0.3) is 10.8 Å². The van der Waals surface area contributed by atoms with Crippen molar-refractivity contribution in [2.45, 2.75) is 12.5 Å². The Hall–Kier alpha value is -1.81. The molecule has 1 aliphatic heterocycles. The second-order valence-electron chi connectivity index (χ2n) is 4.58. The van der Waals surface area contributed by atoms with Crippen LogP contribution in [0, 0.1) is 0 Å². The average molecular weight is 244 g/mol. The molecule has 0 amide bonds. The highest BCUT2D eigenvalue weighted by Crippen LogP contribution is 2.32. The Kier molecular flexibility index (Phi) is 2.80. The minimum atomic E-state index is -0.243. The summed E-state index contributed by atoms with van der Waals surface area (Å²) in [5, 5.41) is 11.8. The predicted molar refractivity (Wildman–Crippen MR) is 71.1 cm³/mol. The van der Waals surface area contributed by atoms with Crippen molar-refractivity contribution in [3.8, 4) is 5.75 Å². The van der Waals surface area contributed by atoms with Crippen LogP contribution < -0.4 is 9.64 Å². The van der Waals surface area contributed by atoms with E-state index in [1.807, 2.05) is 24.3 Å². The fraction of sp³-hybridized carbons (Fsp3) is 0.357. The van der Waals surface area contributed by atoms with Crippen LogP contribution in [-0.2, 0) is 0 Å². The standard InChI is InChI=1S/C14H16N2O2/c1-18-13-4-2-3-12-11(13)5-7-15-14(12)16-8-6-10(17)9-16/h2-5,7,10,17H,6,8-9H2,1H3. The number of hydrogen-bond donors (Lipinski definition) is 1. The second kappa shape index (κ2) is 4.46. The normalized spacial score (nSPS) is 19.4. The molecule has 94 valence electrons. The summed E-state index contributed by atoms with van der Waals surface area (Å²) >= 11 is 0. The van der Waals surface area contributed by atoms with Gasteiger partial charge in [0, 0.05) is 30.1 Å². The van der Waals surface area contributed by atoms with E-state index in [0.717, 1.165) is 35.3 Å². The molecule has 0 bridgehead atoms. The lowest BCUT2D eigenvalue weighted by molar-refractivity contribution is 0.198. The van der Waals surface area contributed by atoms with E-state index in [1.54, 1.807) is 13.3 Å². The average Bonchev–Trinajstić information content (AvgIpc) is 2.84. The predicted octanol–water partition coefficient (Wildman–Crippen LogP) is 1.81. The smallest absolute Gasteiger partial charge is 0.136 e. The maximum absolute atomic E-state index is 9.64. The Morgan fingerprint density at radius 1 is 1.33 bits per heavy atom. The van der Waals surface area contributed by atoms with Gasteiger partial charge in [0.1, 0.15) is 11.6 Å². The number of aliphatic hydroxyl groups is 1. The second-order valence-corrected chi connectivity index (χ2v) is 4.58. The van der Waals surface area contributed by atoms with Crippen molar-refractivity contribution in [3.63, 3.8) is 0 Å². The molecule has 1 aliphatic rings. The minimum absolute atomic E-state index is 0.243. The first-order valence-corrected chi connectivity index (χ1v) is 6.14. The van der Waals surface area contributed by atoms with Gasteiger partial charge >= 0.3 is 0 Å². The molecule has 0 aliphatic carbocycles. The quantitative estimate of drug-likeness (QED) is 0.875. The number of ether oxygens (including phenoxy) is 1. The summed E-state index contributed by atoms with van der Waals surface area (Å²) in [6.45, 7) is 1.51. The van der Waals surface area contributed by atoms with Crippen molar-refractivity contribution in [3.05, 3.63) is 30.5 Å². The molecule has 1 atom stereocenters. The lowest BCUT2D eigenvalue weighted by atomic mass is 10.1. The molecule has 1 aromatic heterocycles. The molecule has 1 fully saturated rings. The summed E-state index contributed by atoms with van der Waals surface area (Å²) in [6.07, 6.45) is 2.36. The number of benzene rings is 1. The molecule has 0 spiro atoms. The van der Waals surface area contributed by atoms with Gasteiger partial charge < -0.3 is 14.7 Å². The summed E-state index contributed by atoms with van der Waals surface area (Å²) in [5.74, 6) is 1.79. The summed E-state index contributed by atoms with van der Waals surface area (Å²) in [7, 11) is 1.68. The summed E-state index contributed by atoms with van der Waals surface area (Å²) in [4.78, 5) is 6.59. The van der Waals surface area contributed by atoms with Gasteiger partial charge in [-0.1, -0.05) is 12.1 Å². The number of methoxy groups -OCH3 is 1. The fourth-order valence-corrected chi connectivity index (χ4v) is 2.53. The van der Waals surface area contributed by atoms with E-state index < -0.39 is 0 Å². The molecule has 0 radical (unpaired) electrons. The van der Waals surface area contributed by atoms with Crippen LogP contribution in [0.3, 0.4) is 0 Å². The van der Waals surface area contributed by atoms with Crippen molar-refractivity contribution in [2.24, 2.45) is 0 Å². The van der Waals surface area contributed by atoms with E-state index in [4.69, 9.17) is 4.74 Å². The first kappa shape index (κ1) is 11.3. The van der Waals surface area contributed by atoms with E-state index in [1.165, 1.54) is 0 Å². The molecule has 1 aromatic carbocycles. The highest BCUT2D eigenvalue weighted by Gasteiger charge is 2.22. The van der Waals surface area contributed by atoms with Crippen LogP contribution in [0.5, 0.6) is 5.75 Å². The largest absolute Gasteiger partial charge is 0.496 e. The first-order valence-electron chi connectivity index (χ1n) is 6.14. The van der Waals surface area contributed by atoms with Crippen molar-refractivity contribution in [1.29, 1.82) is 0 Å². The van der Waals surface area contributed by atoms with Crippen LogP contribution in [-0.4, -0.2) is 36.4 Å². The molecule has 2 aromatic rings. The monoisotopic (exact) mass is 244 g/mol. The van der Waals surface area contributed by atoms with Crippen molar-refractivity contribution in [1.82, 2.24) is 4.98 Å². The van der Waals surface area contributed by atoms with Crippen LogP contribution >= 0.6 is 0 Å². The molecular formula is C14H16N2O2. The summed E-state index contributed by atoms with van der Waals surface area (Å²) in [6, 6.07) is 7.93. The topological polar surface area (TPSA) is 45.6 Å². The highest BCUT2D eigenvalue weighted by atomic mass is 16.5. The number of rotatable bonds is 2. The van der Waals surface area contributed by atoms with Crippen LogP contribution in [0.15, 0.2) is 30.5 Å². The number of anilines is 1.